The van der Waals surface area contributed by atoms with E-state index in [0.29, 0.717) is 19.0 Å². The lowest BCUT2D eigenvalue weighted by atomic mass is 9.79. The number of carbonyl (C=O) groups excluding carboxylic acids is 2. The van der Waals surface area contributed by atoms with Crippen molar-refractivity contribution in [2.45, 2.75) is 31.3 Å². The summed E-state index contributed by atoms with van der Waals surface area (Å²) < 4.78 is 0. The van der Waals surface area contributed by atoms with E-state index in [1.165, 1.54) is 0 Å². The summed E-state index contributed by atoms with van der Waals surface area (Å²) in [6.45, 7) is 0.665. The zero-order valence-corrected chi connectivity index (χ0v) is 13.2. The molecule has 22 heavy (non-hydrogen) atoms. The molecule has 2 fully saturated rings. The Morgan fingerprint density at radius 3 is 2.55 bits per heavy atom. The predicted octanol–water partition coefficient (Wildman–Crippen LogP) is 1.25. The topological polar surface area (TPSA) is 52.7 Å². The molecular weight excluding hydrogens is 278 g/mol. The average molecular weight is 301 g/mol. The molecule has 118 valence electrons. The van der Waals surface area contributed by atoms with Crippen LogP contribution in [0.15, 0.2) is 30.3 Å². The van der Waals surface area contributed by atoms with Crippen LogP contribution in [0.1, 0.15) is 19.3 Å². The van der Waals surface area contributed by atoms with Crippen molar-refractivity contribution >= 4 is 17.5 Å². The Hall–Kier alpha value is -1.88. The standard InChI is InChI=1S/C17H23N3O2/c1-19(2)14-10-12(11-14)16(21)18-15-8-9-20(17(15)22)13-6-4-3-5-7-13/h3-7,12,14-15H,8-11H2,1-2H3,(H,18,21). The maximum atomic E-state index is 12.4. The molecule has 3 rings (SSSR count). The number of nitrogens with one attached hydrogen (secondary N) is 1. The molecule has 0 bridgehead atoms. The van der Waals surface area contributed by atoms with Crippen molar-refractivity contribution in [3.63, 3.8) is 0 Å². The van der Waals surface area contributed by atoms with Gasteiger partial charge in [-0.3, -0.25) is 9.59 Å². The van der Waals surface area contributed by atoms with Gasteiger partial charge in [0.15, 0.2) is 0 Å². The molecular formula is C17H23N3O2. The molecule has 0 aromatic heterocycles. The van der Waals surface area contributed by atoms with Crippen molar-refractivity contribution in [3.05, 3.63) is 30.3 Å². The van der Waals surface area contributed by atoms with Crippen molar-refractivity contribution in [2.75, 3.05) is 25.5 Å². The molecule has 1 atom stereocenters. The lowest BCUT2D eigenvalue weighted by molar-refractivity contribution is -0.132. The number of anilines is 1. The Labute approximate surface area is 131 Å². The molecule has 0 radical (unpaired) electrons. The van der Waals surface area contributed by atoms with Gasteiger partial charge in [0, 0.05) is 24.2 Å². The van der Waals surface area contributed by atoms with Gasteiger partial charge in [-0.1, -0.05) is 18.2 Å². The number of amides is 2. The Morgan fingerprint density at radius 2 is 1.91 bits per heavy atom. The van der Waals surface area contributed by atoms with E-state index in [1.54, 1.807) is 4.90 Å². The molecule has 2 amide bonds. The molecule has 1 N–H and O–H groups in total. The first-order valence-corrected chi connectivity index (χ1v) is 7.89. The summed E-state index contributed by atoms with van der Waals surface area (Å²) in [6, 6.07) is 9.75. The quantitative estimate of drug-likeness (QED) is 0.910. The highest BCUT2D eigenvalue weighted by Crippen LogP contribution is 2.31. The molecule has 1 aromatic carbocycles. The fourth-order valence-corrected chi connectivity index (χ4v) is 3.19. The van der Waals surface area contributed by atoms with Gasteiger partial charge in [-0.2, -0.15) is 0 Å². The van der Waals surface area contributed by atoms with Crippen molar-refractivity contribution in [2.24, 2.45) is 5.92 Å². The highest BCUT2D eigenvalue weighted by Gasteiger charge is 2.39. The van der Waals surface area contributed by atoms with Gasteiger partial charge in [-0.25, -0.2) is 0 Å². The number of benzene rings is 1. The van der Waals surface area contributed by atoms with Crippen molar-refractivity contribution < 1.29 is 9.59 Å². The summed E-state index contributed by atoms with van der Waals surface area (Å²) in [7, 11) is 4.08. The van der Waals surface area contributed by atoms with Crippen LogP contribution in [-0.2, 0) is 9.59 Å². The molecule has 1 unspecified atom stereocenters. The number of carbonyl (C=O) groups is 2. The lowest BCUT2D eigenvalue weighted by Crippen LogP contribution is -2.50. The molecule has 1 saturated carbocycles. The largest absolute Gasteiger partial charge is 0.344 e. The zero-order chi connectivity index (χ0) is 15.7. The molecule has 5 nitrogen and oxygen atoms in total. The van der Waals surface area contributed by atoms with Crippen molar-refractivity contribution in [1.82, 2.24) is 10.2 Å². The van der Waals surface area contributed by atoms with Crippen LogP contribution in [0.5, 0.6) is 0 Å². The van der Waals surface area contributed by atoms with Crippen molar-refractivity contribution in [1.29, 1.82) is 0 Å². The highest BCUT2D eigenvalue weighted by atomic mass is 16.2. The zero-order valence-electron chi connectivity index (χ0n) is 13.2. The molecule has 0 spiro atoms. The van der Waals surface area contributed by atoms with Gasteiger partial charge in [-0.15, -0.1) is 0 Å². The molecule has 1 saturated heterocycles. The SMILES string of the molecule is CN(C)C1CC(C(=O)NC2CCN(c3ccccc3)C2=O)C1. The van der Waals surface area contributed by atoms with Crippen LogP contribution in [-0.4, -0.2) is 49.4 Å². The van der Waals surface area contributed by atoms with Gasteiger partial charge in [0.1, 0.15) is 6.04 Å². The van der Waals surface area contributed by atoms with E-state index < -0.39 is 0 Å². The van der Waals surface area contributed by atoms with E-state index in [2.05, 4.69) is 10.2 Å². The number of hydrogen-bond acceptors (Lipinski definition) is 3. The number of hydrogen-bond donors (Lipinski definition) is 1. The second-order valence-electron chi connectivity index (χ2n) is 6.46. The van der Waals surface area contributed by atoms with Crippen molar-refractivity contribution in [3.8, 4) is 0 Å². The highest BCUT2D eigenvalue weighted by molar-refractivity contribution is 6.01. The van der Waals surface area contributed by atoms with Crippen LogP contribution < -0.4 is 10.2 Å². The molecule has 1 aliphatic carbocycles. The van der Waals surface area contributed by atoms with E-state index in [0.717, 1.165) is 18.5 Å². The third-order valence-corrected chi connectivity index (χ3v) is 4.80. The second kappa shape index (κ2) is 6.08. The van der Waals surface area contributed by atoms with Crippen LogP contribution in [0, 0.1) is 5.92 Å². The van der Waals surface area contributed by atoms with E-state index in [-0.39, 0.29) is 23.8 Å². The third-order valence-electron chi connectivity index (χ3n) is 4.80. The van der Waals surface area contributed by atoms with Gasteiger partial charge >= 0.3 is 0 Å². The van der Waals surface area contributed by atoms with Gasteiger partial charge in [-0.05, 0) is 45.5 Å². The monoisotopic (exact) mass is 301 g/mol. The lowest BCUT2D eigenvalue weighted by Gasteiger charge is -2.38. The summed E-state index contributed by atoms with van der Waals surface area (Å²) in [5.41, 5.74) is 0.903. The first-order chi connectivity index (χ1) is 10.6. The minimum atomic E-state index is -0.369. The van der Waals surface area contributed by atoms with Crippen LogP contribution >= 0.6 is 0 Å². The van der Waals surface area contributed by atoms with Crippen LogP contribution in [0.4, 0.5) is 5.69 Å². The minimum Gasteiger partial charge on any atom is -0.344 e. The fourth-order valence-electron chi connectivity index (χ4n) is 3.19. The summed E-state index contributed by atoms with van der Waals surface area (Å²) in [4.78, 5) is 28.6. The smallest absolute Gasteiger partial charge is 0.249 e. The Morgan fingerprint density at radius 1 is 1.23 bits per heavy atom. The van der Waals surface area contributed by atoms with E-state index in [4.69, 9.17) is 0 Å². The summed E-state index contributed by atoms with van der Waals surface area (Å²) in [6.07, 6.45) is 2.47. The second-order valence-corrected chi connectivity index (χ2v) is 6.46. The average Bonchev–Trinajstić information content (AvgIpc) is 2.79. The minimum absolute atomic E-state index is 0.00281. The van der Waals surface area contributed by atoms with Gasteiger partial charge in [0.05, 0.1) is 0 Å². The number of rotatable bonds is 4. The number of nitrogens with zero attached hydrogens (tertiary/aromatic N) is 2. The van der Waals surface area contributed by atoms with E-state index in [1.807, 2.05) is 44.4 Å². The Balaban J connectivity index is 1.54. The van der Waals surface area contributed by atoms with Crippen LogP contribution in [0.2, 0.25) is 0 Å². The van der Waals surface area contributed by atoms with Gasteiger partial charge in [0.2, 0.25) is 11.8 Å². The Kier molecular flexibility index (Phi) is 4.16. The predicted molar refractivity (Wildman–Crippen MR) is 85.5 cm³/mol. The van der Waals surface area contributed by atoms with Crippen LogP contribution in [0.25, 0.3) is 0 Å². The normalized spacial score (nSPS) is 27.9. The molecule has 1 heterocycles. The van der Waals surface area contributed by atoms with E-state index >= 15 is 0 Å². The maximum absolute atomic E-state index is 12.4. The third kappa shape index (κ3) is 2.86. The molecule has 1 aliphatic heterocycles. The molecule has 2 aliphatic rings. The first kappa shape index (κ1) is 15.0. The Bertz CT molecular complexity index is 552. The fraction of sp³-hybridized carbons (Fsp3) is 0.529. The van der Waals surface area contributed by atoms with Gasteiger partial charge in [0.25, 0.3) is 0 Å². The summed E-state index contributed by atoms with van der Waals surface area (Å²) in [5, 5.41) is 2.94. The first-order valence-electron chi connectivity index (χ1n) is 7.89. The number of para-hydroxylation sites is 1. The summed E-state index contributed by atoms with van der Waals surface area (Å²) >= 11 is 0. The van der Waals surface area contributed by atoms with Crippen LogP contribution in [0.3, 0.4) is 0 Å². The summed E-state index contributed by atoms with van der Waals surface area (Å²) in [5.74, 6) is 0.0976. The molecule has 1 aromatic rings. The van der Waals surface area contributed by atoms with E-state index in [9.17, 15) is 9.59 Å². The maximum Gasteiger partial charge on any atom is 0.249 e. The van der Waals surface area contributed by atoms with Gasteiger partial charge < -0.3 is 15.1 Å². The molecule has 5 heteroatoms.